The molecule has 0 aromatic heterocycles. The lowest BCUT2D eigenvalue weighted by Crippen LogP contribution is -2.50. The molecular weight excluding hydrogens is 257 g/mol. The molecule has 4 N–H and O–H groups in total. The van der Waals surface area contributed by atoms with Crippen molar-refractivity contribution in [3.63, 3.8) is 0 Å². The molecule has 104 valence electrons. The summed E-state index contributed by atoms with van der Waals surface area (Å²) in [5, 5.41) is 10.7. The van der Waals surface area contributed by atoms with E-state index in [1.165, 1.54) is 13.0 Å². The maximum absolute atomic E-state index is 13.4. The summed E-state index contributed by atoms with van der Waals surface area (Å²) in [7, 11) is 0. The molecule has 1 amide bonds. The van der Waals surface area contributed by atoms with E-state index in [1.54, 1.807) is 0 Å². The van der Waals surface area contributed by atoms with Crippen LogP contribution in [0.4, 0.5) is 10.1 Å². The Morgan fingerprint density at radius 2 is 2.21 bits per heavy atom. The second-order valence-electron chi connectivity index (χ2n) is 4.23. The third-order valence-electron chi connectivity index (χ3n) is 2.57. The number of benzene rings is 1. The summed E-state index contributed by atoms with van der Waals surface area (Å²) < 4.78 is 18.4. The van der Waals surface area contributed by atoms with Crippen molar-refractivity contribution in [3.8, 4) is 5.75 Å². The minimum absolute atomic E-state index is 0.00776. The van der Waals surface area contributed by atoms with Gasteiger partial charge < -0.3 is 16.2 Å². The molecule has 0 saturated heterocycles. The summed E-state index contributed by atoms with van der Waals surface area (Å²) in [6.07, 6.45) is 0.00776. The molecule has 1 atom stereocenters. The molecule has 0 aliphatic carbocycles. The van der Waals surface area contributed by atoms with E-state index >= 15 is 0 Å². The number of hydrogen-bond donors (Lipinski definition) is 2. The number of carbonyl (C=O) groups is 1. The number of nitro benzene ring substituents is 1. The lowest BCUT2D eigenvalue weighted by Gasteiger charge is -2.20. The van der Waals surface area contributed by atoms with Crippen LogP contribution < -0.4 is 16.2 Å². The lowest BCUT2D eigenvalue weighted by atomic mass is 9.99. The summed E-state index contributed by atoms with van der Waals surface area (Å²) in [6.45, 7) is 1.23. The van der Waals surface area contributed by atoms with Gasteiger partial charge in [0.15, 0.2) is 5.82 Å². The van der Waals surface area contributed by atoms with Crippen LogP contribution in [-0.4, -0.2) is 23.0 Å². The smallest absolute Gasteiger partial charge is 0.314 e. The maximum Gasteiger partial charge on any atom is 0.314 e. The zero-order valence-corrected chi connectivity index (χ0v) is 10.3. The topological polar surface area (TPSA) is 121 Å². The highest BCUT2D eigenvalue weighted by molar-refractivity contribution is 5.83. The first-order chi connectivity index (χ1) is 8.75. The van der Waals surface area contributed by atoms with Crippen LogP contribution in [0.5, 0.6) is 5.75 Å². The zero-order chi connectivity index (χ0) is 14.6. The van der Waals surface area contributed by atoms with E-state index in [0.717, 1.165) is 12.1 Å². The van der Waals surface area contributed by atoms with Gasteiger partial charge in [-0.3, -0.25) is 14.9 Å². The molecule has 0 radical (unpaired) electrons. The number of halogens is 1. The normalized spacial score (nSPS) is 13.6. The molecule has 1 aromatic carbocycles. The van der Waals surface area contributed by atoms with Crippen molar-refractivity contribution < 1.29 is 18.8 Å². The van der Waals surface area contributed by atoms with Crippen molar-refractivity contribution >= 4 is 11.6 Å². The Kier molecular flexibility index (Phi) is 4.38. The van der Waals surface area contributed by atoms with Crippen molar-refractivity contribution in [3.05, 3.63) is 34.1 Å². The molecule has 0 heterocycles. The van der Waals surface area contributed by atoms with Crippen molar-refractivity contribution in [2.75, 3.05) is 6.61 Å². The standard InChI is InChI=1S/C11H14FN3O4/c1-11(14,10(13)16)5-6-19-9-7(12)3-2-4-8(9)15(17)18/h2-4H,5-6,14H2,1H3,(H2,13,16). The second kappa shape index (κ2) is 5.61. The van der Waals surface area contributed by atoms with E-state index < -0.39 is 33.6 Å². The first-order valence-electron chi connectivity index (χ1n) is 5.40. The summed E-state index contributed by atoms with van der Waals surface area (Å²) >= 11 is 0. The van der Waals surface area contributed by atoms with Crippen LogP contribution in [0.2, 0.25) is 0 Å². The Balaban J connectivity index is 2.79. The number of nitrogens with two attached hydrogens (primary N) is 2. The predicted molar refractivity (Wildman–Crippen MR) is 65.0 cm³/mol. The Morgan fingerprint density at radius 1 is 1.58 bits per heavy atom. The first kappa shape index (κ1) is 14.8. The highest BCUT2D eigenvalue weighted by atomic mass is 19.1. The fraction of sp³-hybridized carbons (Fsp3) is 0.364. The van der Waals surface area contributed by atoms with Crippen LogP contribution in [0, 0.1) is 15.9 Å². The molecule has 0 aliphatic heterocycles. The minimum Gasteiger partial charge on any atom is -0.485 e. The van der Waals surface area contributed by atoms with Gasteiger partial charge in [-0.2, -0.15) is 0 Å². The average molecular weight is 271 g/mol. The lowest BCUT2D eigenvalue weighted by molar-refractivity contribution is -0.386. The first-order valence-corrected chi connectivity index (χ1v) is 5.40. The molecule has 0 bridgehead atoms. The SMILES string of the molecule is CC(N)(CCOc1c(F)cccc1[N+](=O)[O-])C(N)=O. The van der Waals surface area contributed by atoms with Crippen LogP contribution in [0.3, 0.4) is 0 Å². The van der Waals surface area contributed by atoms with Crippen molar-refractivity contribution in [1.29, 1.82) is 0 Å². The Morgan fingerprint density at radius 3 is 2.74 bits per heavy atom. The van der Waals surface area contributed by atoms with Crippen LogP contribution in [0.25, 0.3) is 0 Å². The highest BCUT2D eigenvalue weighted by Crippen LogP contribution is 2.29. The van der Waals surface area contributed by atoms with Gasteiger partial charge in [-0.05, 0) is 13.0 Å². The molecule has 8 heteroatoms. The van der Waals surface area contributed by atoms with Gasteiger partial charge in [-0.25, -0.2) is 4.39 Å². The van der Waals surface area contributed by atoms with Crippen molar-refractivity contribution in [2.45, 2.75) is 18.9 Å². The number of carbonyl (C=O) groups excluding carboxylic acids is 1. The summed E-state index contributed by atoms with van der Waals surface area (Å²) in [4.78, 5) is 20.9. The van der Waals surface area contributed by atoms with Crippen LogP contribution in [0.1, 0.15) is 13.3 Å². The number of hydrogen-bond acceptors (Lipinski definition) is 5. The van der Waals surface area contributed by atoms with Gasteiger partial charge in [0, 0.05) is 12.5 Å². The number of amides is 1. The van der Waals surface area contributed by atoms with Crippen LogP contribution in [-0.2, 0) is 4.79 Å². The van der Waals surface area contributed by atoms with Gasteiger partial charge in [0.25, 0.3) is 0 Å². The average Bonchev–Trinajstić information content (AvgIpc) is 2.30. The monoisotopic (exact) mass is 271 g/mol. The quantitative estimate of drug-likeness (QED) is 0.582. The third-order valence-corrected chi connectivity index (χ3v) is 2.57. The van der Waals surface area contributed by atoms with Crippen LogP contribution in [0.15, 0.2) is 18.2 Å². The van der Waals surface area contributed by atoms with Gasteiger partial charge in [0.2, 0.25) is 11.7 Å². The summed E-state index contributed by atoms with van der Waals surface area (Å²) in [5.41, 5.74) is 8.83. The number of nitrogens with zero attached hydrogens (tertiary/aromatic N) is 1. The van der Waals surface area contributed by atoms with E-state index in [-0.39, 0.29) is 13.0 Å². The second-order valence-corrected chi connectivity index (χ2v) is 4.23. The van der Waals surface area contributed by atoms with Gasteiger partial charge in [-0.1, -0.05) is 6.07 Å². The van der Waals surface area contributed by atoms with Gasteiger partial charge in [-0.15, -0.1) is 0 Å². The molecule has 0 aliphatic rings. The fourth-order valence-corrected chi connectivity index (χ4v) is 1.27. The predicted octanol–water partition coefficient (Wildman–Crippen LogP) is 0.706. The number of primary amides is 1. The number of nitro groups is 1. The highest BCUT2D eigenvalue weighted by Gasteiger charge is 2.26. The van der Waals surface area contributed by atoms with Gasteiger partial charge >= 0.3 is 5.69 Å². The largest absolute Gasteiger partial charge is 0.485 e. The van der Waals surface area contributed by atoms with Crippen LogP contribution >= 0.6 is 0 Å². The van der Waals surface area contributed by atoms with Gasteiger partial charge in [0.05, 0.1) is 17.1 Å². The Labute approximate surface area is 108 Å². The Hall–Kier alpha value is -2.22. The minimum atomic E-state index is -1.32. The molecule has 1 rings (SSSR count). The molecule has 1 unspecified atom stereocenters. The molecule has 0 spiro atoms. The molecular formula is C11H14FN3O4. The Bertz CT molecular complexity index is 505. The number of rotatable bonds is 6. The van der Waals surface area contributed by atoms with E-state index in [4.69, 9.17) is 16.2 Å². The molecule has 0 fully saturated rings. The van der Waals surface area contributed by atoms with Crippen molar-refractivity contribution in [1.82, 2.24) is 0 Å². The zero-order valence-electron chi connectivity index (χ0n) is 10.3. The maximum atomic E-state index is 13.4. The third kappa shape index (κ3) is 3.62. The molecule has 1 aromatic rings. The van der Waals surface area contributed by atoms with E-state index in [0.29, 0.717) is 0 Å². The van der Waals surface area contributed by atoms with E-state index in [1.807, 2.05) is 0 Å². The van der Waals surface area contributed by atoms with Crippen molar-refractivity contribution in [2.24, 2.45) is 11.5 Å². The summed E-state index contributed by atoms with van der Waals surface area (Å²) in [5.74, 6) is -2.07. The van der Waals surface area contributed by atoms with Gasteiger partial charge in [0.1, 0.15) is 0 Å². The molecule has 0 saturated carbocycles. The number of ether oxygens (including phenoxy) is 1. The summed E-state index contributed by atoms with van der Waals surface area (Å²) in [6, 6.07) is 3.36. The number of para-hydroxylation sites is 1. The van der Waals surface area contributed by atoms with E-state index in [2.05, 4.69) is 0 Å². The molecule has 19 heavy (non-hydrogen) atoms. The molecule has 7 nitrogen and oxygen atoms in total. The van der Waals surface area contributed by atoms with E-state index in [9.17, 15) is 19.3 Å². The fourth-order valence-electron chi connectivity index (χ4n) is 1.27.